The van der Waals surface area contributed by atoms with Crippen molar-refractivity contribution < 1.29 is 0 Å². The highest BCUT2D eigenvalue weighted by atomic mass is 15.3. The maximum Gasteiger partial charge on any atom is 0.140 e. The first-order valence-corrected chi connectivity index (χ1v) is 6.39. The van der Waals surface area contributed by atoms with E-state index in [1.165, 1.54) is 25.7 Å². The third kappa shape index (κ3) is 3.30. The number of hydrogen-bond acceptors (Lipinski definition) is 3. The van der Waals surface area contributed by atoms with E-state index in [0.717, 1.165) is 25.0 Å². The Kier molecular flexibility index (Phi) is 3.93. The number of hydrogen-bond donors (Lipinski definition) is 1. The third-order valence-electron chi connectivity index (χ3n) is 3.09. The molecule has 1 unspecified atom stereocenters. The van der Waals surface area contributed by atoms with Gasteiger partial charge in [0, 0.05) is 12.6 Å². The van der Waals surface area contributed by atoms with Crippen molar-refractivity contribution in [2.75, 3.05) is 0 Å². The molecule has 1 saturated carbocycles. The van der Waals surface area contributed by atoms with Gasteiger partial charge in [0.05, 0.1) is 6.54 Å². The molecule has 1 fully saturated rings. The zero-order valence-corrected chi connectivity index (χ0v) is 10.3. The van der Waals surface area contributed by atoms with E-state index in [9.17, 15) is 0 Å². The van der Waals surface area contributed by atoms with Gasteiger partial charge in [0.2, 0.25) is 0 Å². The summed E-state index contributed by atoms with van der Waals surface area (Å²) in [6, 6.07) is 0.734. The SMILES string of the molecule is CCCC(C)Cn1ncnc1CNC1CC1. The topological polar surface area (TPSA) is 42.7 Å². The molecule has 16 heavy (non-hydrogen) atoms. The van der Waals surface area contributed by atoms with E-state index in [1.54, 1.807) is 6.33 Å². The molecular formula is C12H22N4. The van der Waals surface area contributed by atoms with Gasteiger partial charge >= 0.3 is 0 Å². The molecule has 0 saturated heterocycles. The van der Waals surface area contributed by atoms with Crippen LogP contribution in [0.2, 0.25) is 0 Å². The van der Waals surface area contributed by atoms with E-state index in [0.29, 0.717) is 5.92 Å². The van der Waals surface area contributed by atoms with Gasteiger partial charge in [-0.2, -0.15) is 5.10 Å². The van der Waals surface area contributed by atoms with Crippen LogP contribution in [0.5, 0.6) is 0 Å². The zero-order valence-electron chi connectivity index (χ0n) is 10.3. The molecule has 0 amide bonds. The summed E-state index contributed by atoms with van der Waals surface area (Å²) in [7, 11) is 0. The highest BCUT2D eigenvalue weighted by Gasteiger charge is 2.21. The van der Waals surface area contributed by atoms with Gasteiger partial charge in [0.1, 0.15) is 12.2 Å². The standard InChI is InChI=1S/C12H22N4/c1-3-4-10(2)8-16-12(14-9-15-16)7-13-11-5-6-11/h9-11,13H,3-8H2,1-2H3. The minimum Gasteiger partial charge on any atom is -0.307 e. The first-order chi connectivity index (χ1) is 7.79. The largest absolute Gasteiger partial charge is 0.307 e. The molecule has 0 bridgehead atoms. The van der Waals surface area contributed by atoms with E-state index < -0.39 is 0 Å². The average Bonchev–Trinajstić information content (AvgIpc) is 2.98. The molecule has 1 aromatic rings. The Labute approximate surface area is 97.5 Å². The van der Waals surface area contributed by atoms with Crippen LogP contribution in [-0.2, 0) is 13.1 Å². The molecule has 1 aliphatic rings. The number of aromatic nitrogens is 3. The van der Waals surface area contributed by atoms with E-state index in [4.69, 9.17) is 0 Å². The van der Waals surface area contributed by atoms with Crippen molar-refractivity contribution in [2.24, 2.45) is 5.92 Å². The molecule has 2 rings (SSSR count). The smallest absolute Gasteiger partial charge is 0.140 e. The molecular weight excluding hydrogens is 200 g/mol. The number of nitrogens with zero attached hydrogens (tertiary/aromatic N) is 3. The molecule has 1 aliphatic carbocycles. The second-order valence-corrected chi connectivity index (χ2v) is 4.91. The quantitative estimate of drug-likeness (QED) is 0.767. The van der Waals surface area contributed by atoms with Crippen molar-refractivity contribution in [1.82, 2.24) is 20.1 Å². The second kappa shape index (κ2) is 5.43. The van der Waals surface area contributed by atoms with Gasteiger partial charge in [-0.3, -0.25) is 0 Å². The van der Waals surface area contributed by atoms with Crippen molar-refractivity contribution in [3.8, 4) is 0 Å². The van der Waals surface area contributed by atoms with Gasteiger partial charge in [-0.05, 0) is 25.2 Å². The fraction of sp³-hybridized carbons (Fsp3) is 0.833. The van der Waals surface area contributed by atoms with Crippen LogP contribution in [0.15, 0.2) is 6.33 Å². The van der Waals surface area contributed by atoms with Gasteiger partial charge in [-0.1, -0.05) is 20.3 Å². The summed E-state index contributed by atoms with van der Waals surface area (Å²) in [4.78, 5) is 4.32. The molecule has 1 N–H and O–H groups in total. The fourth-order valence-corrected chi connectivity index (χ4v) is 1.98. The summed E-state index contributed by atoms with van der Waals surface area (Å²) in [6.45, 7) is 6.37. The van der Waals surface area contributed by atoms with Crippen LogP contribution in [-0.4, -0.2) is 20.8 Å². The molecule has 1 aromatic heterocycles. The van der Waals surface area contributed by atoms with Gasteiger partial charge in [-0.25, -0.2) is 9.67 Å². The number of nitrogens with one attached hydrogen (secondary N) is 1. The molecule has 4 nitrogen and oxygen atoms in total. The van der Waals surface area contributed by atoms with Gasteiger partial charge in [0.25, 0.3) is 0 Å². The summed E-state index contributed by atoms with van der Waals surface area (Å²) in [6.07, 6.45) is 6.81. The van der Waals surface area contributed by atoms with Crippen LogP contribution in [0.4, 0.5) is 0 Å². The van der Waals surface area contributed by atoms with E-state index in [-0.39, 0.29) is 0 Å². The van der Waals surface area contributed by atoms with Crippen LogP contribution < -0.4 is 5.32 Å². The molecule has 0 spiro atoms. The summed E-state index contributed by atoms with van der Waals surface area (Å²) in [5.41, 5.74) is 0. The Bertz CT molecular complexity index is 317. The molecule has 0 radical (unpaired) electrons. The summed E-state index contributed by atoms with van der Waals surface area (Å²) >= 11 is 0. The maximum absolute atomic E-state index is 4.32. The van der Waals surface area contributed by atoms with Crippen molar-refractivity contribution in [2.45, 2.75) is 58.7 Å². The lowest BCUT2D eigenvalue weighted by molar-refractivity contribution is 0.405. The Morgan fingerprint density at radius 1 is 1.56 bits per heavy atom. The molecule has 0 aliphatic heterocycles. The first kappa shape index (κ1) is 11.6. The van der Waals surface area contributed by atoms with Crippen molar-refractivity contribution in [1.29, 1.82) is 0 Å². The lowest BCUT2D eigenvalue weighted by Crippen LogP contribution is -2.20. The zero-order chi connectivity index (χ0) is 11.4. The predicted octanol–water partition coefficient (Wildman–Crippen LogP) is 1.97. The van der Waals surface area contributed by atoms with Crippen molar-refractivity contribution in [3.63, 3.8) is 0 Å². The Balaban J connectivity index is 1.84. The van der Waals surface area contributed by atoms with Crippen LogP contribution >= 0.6 is 0 Å². The lowest BCUT2D eigenvalue weighted by Gasteiger charge is -2.12. The monoisotopic (exact) mass is 222 g/mol. The van der Waals surface area contributed by atoms with Gasteiger partial charge in [-0.15, -0.1) is 0 Å². The normalized spacial score (nSPS) is 17.6. The molecule has 1 heterocycles. The minimum atomic E-state index is 0.686. The van der Waals surface area contributed by atoms with Crippen molar-refractivity contribution in [3.05, 3.63) is 12.2 Å². The maximum atomic E-state index is 4.32. The van der Waals surface area contributed by atoms with E-state index in [1.807, 2.05) is 0 Å². The second-order valence-electron chi connectivity index (χ2n) is 4.91. The number of rotatable bonds is 7. The Morgan fingerprint density at radius 3 is 3.06 bits per heavy atom. The molecule has 0 aromatic carbocycles. The predicted molar refractivity (Wildman–Crippen MR) is 64.0 cm³/mol. The Hall–Kier alpha value is -0.900. The Morgan fingerprint density at radius 2 is 2.38 bits per heavy atom. The summed E-state index contributed by atoms with van der Waals surface area (Å²) in [5.74, 6) is 1.77. The molecule has 1 atom stereocenters. The van der Waals surface area contributed by atoms with E-state index in [2.05, 4.69) is 33.9 Å². The molecule has 4 heteroatoms. The third-order valence-corrected chi connectivity index (χ3v) is 3.09. The summed E-state index contributed by atoms with van der Waals surface area (Å²) in [5, 5.41) is 7.78. The van der Waals surface area contributed by atoms with Crippen LogP contribution in [0, 0.1) is 5.92 Å². The van der Waals surface area contributed by atoms with Gasteiger partial charge in [0.15, 0.2) is 0 Å². The first-order valence-electron chi connectivity index (χ1n) is 6.39. The van der Waals surface area contributed by atoms with Crippen LogP contribution in [0.25, 0.3) is 0 Å². The van der Waals surface area contributed by atoms with Crippen molar-refractivity contribution >= 4 is 0 Å². The highest BCUT2D eigenvalue weighted by Crippen LogP contribution is 2.19. The molecule has 90 valence electrons. The van der Waals surface area contributed by atoms with Crippen LogP contribution in [0.1, 0.15) is 45.4 Å². The van der Waals surface area contributed by atoms with E-state index >= 15 is 0 Å². The van der Waals surface area contributed by atoms with Gasteiger partial charge < -0.3 is 5.32 Å². The lowest BCUT2D eigenvalue weighted by atomic mass is 10.1. The minimum absolute atomic E-state index is 0.686. The van der Waals surface area contributed by atoms with Crippen LogP contribution in [0.3, 0.4) is 0 Å². The summed E-state index contributed by atoms with van der Waals surface area (Å²) < 4.78 is 2.05. The average molecular weight is 222 g/mol. The highest BCUT2D eigenvalue weighted by molar-refractivity contribution is 4.89. The fourth-order valence-electron chi connectivity index (χ4n) is 1.98.